The monoisotopic (exact) mass is 493 g/mol. The number of aromatic nitrogens is 3. The van der Waals surface area contributed by atoms with E-state index in [1.165, 1.54) is 0 Å². The zero-order chi connectivity index (χ0) is 24.7. The van der Waals surface area contributed by atoms with Gasteiger partial charge in [0.25, 0.3) is 15.9 Å². The molecule has 0 aliphatic carbocycles. The van der Waals surface area contributed by atoms with Gasteiger partial charge < -0.3 is 0 Å². The number of hydrogen-bond acceptors (Lipinski definition) is 6. The molecule has 172 valence electrons. The summed E-state index contributed by atoms with van der Waals surface area (Å²) in [5, 5.41) is 14.7. The van der Waals surface area contributed by atoms with Gasteiger partial charge in [-0.1, -0.05) is 5.21 Å². The predicted octanol–water partition coefficient (Wildman–Crippen LogP) is 2.83. The van der Waals surface area contributed by atoms with E-state index in [4.69, 9.17) is 5.26 Å². The van der Waals surface area contributed by atoms with Crippen molar-refractivity contribution in [1.82, 2.24) is 19.7 Å². The van der Waals surface area contributed by atoms with E-state index in [1.807, 2.05) is 0 Å². The molecular weight excluding hydrogens is 487 g/mol. The van der Waals surface area contributed by atoms with Crippen molar-refractivity contribution in [3.8, 4) is 11.8 Å². The standard InChI is InChI=1S/C17H6F7N5O3S/c18-8-4-10(20)14(11(21)5-8)33(31,32)27-16(30)13-15(17(22,23)24)29(28-26-13)12-2-1-7(6-25)3-9(12)19/h1-5H,(H,27,30). The molecule has 0 saturated heterocycles. The number of carbonyl (C=O) groups is 1. The Hall–Kier alpha value is -4.00. The Morgan fingerprint density at radius 3 is 2.15 bits per heavy atom. The molecule has 3 rings (SSSR count). The van der Waals surface area contributed by atoms with Crippen molar-refractivity contribution in [2.45, 2.75) is 11.1 Å². The number of nitrogens with zero attached hydrogens (tertiary/aromatic N) is 4. The Morgan fingerprint density at radius 1 is 1.03 bits per heavy atom. The highest BCUT2D eigenvalue weighted by Gasteiger charge is 2.43. The lowest BCUT2D eigenvalue weighted by atomic mass is 10.2. The second-order valence-electron chi connectivity index (χ2n) is 6.11. The van der Waals surface area contributed by atoms with Crippen molar-refractivity contribution in [3.05, 3.63) is 70.6 Å². The van der Waals surface area contributed by atoms with Crippen LogP contribution < -0.4 is 4.72 Å². The molecule has 1 heterocycles. The first-order chi connectivity index (χ1) is 15.3. The van der Waals surface area contributed by atoms with E-state index in [2.05, 4.69) is 10.3 Å². The van der Waals surface area contributed by atoms with E-state index in [0.717, 1.165) is 16.9 Å². The molecule has 0 atom stereocenters. The molecular formula is C17H6F7N5O3S. The number of rotatable bonds is 4. The largest absolute Gasteiger partial charge is 0.435 e. The molecule has 0 radical (unpaired) electrons. The molecule has 33 heavy (non-hydrogen) atoms. The average molecular weight is 493 g/mol. The number of benzene rings is 2. The minimum Gasteiger partial charge on any atom is -0.266 e. The number of alkyl halides is 3. The molecule has 8 nitrogen and oxygen atoms in total. The number of hydrogen-bond donors (Lipinski definition) is 1. The Balaban J connectivity index is 2.09. The zero-order valence-electron chi connectivity index (χ0n) is 15.5. The second kappa shape index (κ2) is 8.16. The van der Waals surface area contributed by atoms with Crippen LogP contribution in [0, 0.1) is 34.6 Å². The van der Waals surface area contributed by atoms with Gasteiger partial charge >= 0.3 is 6.18 Å². The molecule has 0 spiro atoms. The van der Waals surface area contributed by atoms with Gasteiger partial charge in [-0.25, -0.2) is 35.4 Å². The molecule has 1 N–H and O–H groups in total. The maximum Gasteiger partial charge on any atom is 0.435 e. The summed E-state index contributed by atoms with van der Waals surface area (Å²) in [6.45, 7) is 0. The van der Waals surface area contributed by atoms with Gasteiger partial charge in [-0.2, -0.15) is 18.4 Å². The summed E-state index contributed by atoms with van der Waals surface area (Å²) < 4.78 is 121. The highest BCUT2D eigenvalue weighted by atomic mass is 32.2. The van der Waals surface area contributed by atoms with Crippen LogP contribution in [0.25, 0.3) is 5.69 Å². The normalized spacial score (nSPS) is 11.8. The predicted molar refractivity (Wildman–Crippen MR) is 92.0 cm³/mol. The van der Waals surface area contributed by atoms with Gasteiger partial charge in [0.2, 0.25) is 0 Å². The Labute approximate surface area is 178 Å². The fourth-order valence-corrected chi connectivity index (χ4v) is 3.69. The molecule has 3 aromatic rings. The molecule has 0 aliphatic heterocycles. The Morgan fingerprint density at radius 2 is 1.64 bits per heavy atom. The van der Waals surface area contributed by atoms with Gasteiger partial charge in [-0.05, 0) is 18.2 Å². The Kier molecular flexibility index (Phi) is 5.85. The molecule has 0 bridgehead atoms. The maximum atomic E-state index is 14.2. The van der Waals surface area contributed by atoms with Crippen molar-refractivity contribution in [2.24, 2.45) is 0 Å². The second-order valence-corrected chi connectivity index (χ2v) is 7.73. The lowest BCUT2D eigenvalue weighted by Crippen LogP contribution is -2.34. The number of nitrogens with one attached hydrogen (secondary N) is 1. The fraction of sp³-hybridized carbons (Fsp3) is 0.0588. The summed E-state index contributed by atoms with van der Waals surface area (Å²) in [7, 11) is -5.49. The third kappa shape index (κ3) is 4.48. The Bertz CT molecular complexity index is 1400. The molecule has 0 saturated carbocycles. The minimum absolute atomic E-state index is 0.0345. The lowest BCUT2D eigenvalue weighted by molar-refractivity contribution is -0.143. The lowest BCUT2D eigenvalue weighted by Gasteiger charge is -2.12. The average Bonchev–Trinajstić information content (AvgIpc) is 3.11. The number of carbonyl (C=O) groups excluding carboxylic acids is 1. The van der Waals surface area contributed by atoms with E-state index in [0.29, 0.717) is 6.07 Å². The first-order valence-electron chi connectivity index (χ1n) is 8.21. The third-order valence-electron chi connectivity index (χ3n) is 3.92. The number of nitriles is 1. The SMILES string of the molecule is N#Cc1ccc(-n2nnc(C(=O)NS(=O)(=O)c3c(F)cc(F)cc3F)c2C(F)(F)F)c(F)c1. The first-order valence-corrected chi connectivity index (χ1v) is 9.69. The summed E-state index contributed by atoms with van der Waals surface area (Å²) in [6.07, 6.45) is -5.45. The van der Waals surface area contributed by atoms with E-state index < -0.39 is 67.3 Å². The summed E-state index contributed by atoms with van der Waals surface area (Å²) in [5.74, 6) is -8.91. The topological polar surface area (TPSA) is 118 Å². The van der Waals surface area contributed by atoms with Crippen LogP contribution in [-0.2, 0) is 16.2 Å². The van der Waals surface area contributed by atoms with Crippen molar-refractivity contribution < 1.29 is 43.9 Å². The van der Waals surface area contributed by atoms with Gasteiger partial charge in [0.05, 0.1) is 11.6 Å². The molecule has 0 aliphatic rings. The third-order valence-corrected chi connectivity index (χ3v) is 5.30. The highest BCUT2D eigenvalue weighted by Crippen LogP contribution is 2.33. The van der Waals surface area contributed by atoms with E-state index in [1.54, 1.807) is 6.07 Å². The summed E-state index contributed by atoms with van der Waals surface area (Å²) in [6, 6.07) is 3.70. The molecule has 1 aromatic heterocycles. The van der Waals surface area contributed by atoms with Crippen molar-refractivity contribution in [3.63, 3.8) is 0 Å². The summed E-state index contributed by atoms with van der Waals surface area (Å²) in [5.41, 5.74) is -4.86. The van der Waals surface area contributed by atoms with Gasteiger partial charge in [0.1, 0.15) is 29.0 Å². The summed E-state index contributed by atoms with van der Waals surface area (Å²) >= 11 is 0. The van der Waals surface area contributed by atoms with Gasteiger partial charge in [0.15, 0.2) is 16.3 Å². The molecule has 0 fully saturated rings. The highest BCUT2D eigenvalue weighted by molar-refractivity contribution is 7.90. The summed E-state index contributed by atoms with van der Waals surface area (Å²) in [4.78, 5) is 10.4. The fourth-order valence-electron chi connectivity index (χ4n) is 2.61. The molecule has 16 heteroatoms. The van der Waals surface area contributed by atoms with Crippen molar-refractivity contribution in [2.75, 3.05) is 0 Å². The van der Waals surface area contributed by atoms with E-state index >= 15 is 0 Å². The van der Waals surface area contributed by atoms with Crippen LogP contribution in [0.1, 0.15) is 21.7 Å². The van der Waals surface area contributed by atoms with Gasteiger partial charge in [-0.15, -0.1) is 5.10 Å². The minimum atomic E-state index is -5.49. The van der Waals surface area contributed by atoms with Crippen LogP contribution in [0.15, 0.2) is 35.2 Å². The quantitative estimate of drug-likeness (QED) is 0.559. The van der Waals surface area contributed by atoms with Crippen LogP contribution in [0.3, 0.4) is 0 Å². The van der Waals surface area contributed by atoms with Crippen LogP contribution in [0.2, 0.25) is 0 Å². The van der Waals surface area contributed by atoms with Crippen molar-refractivity contribution >= 4 is 15.9 Å². The van der Waals surface area contributed by atoms with Crippen LogP contribution >= 0.6 is 0 Å². The van der Waals surface area contributed by atoms with Crippen LogP contribution in [0.5, 0.6) is 0 Å². The number of halogens is 7. The molecule has 2 aromatic carbocycles. The molecule has 1 amide bonds. The number of sulfonamides is 1. The number of amides is 1. The van der Waals surface area contributed by atoms with Gasteiger partial charge in [-0.3, -0.25) is 4.79 Å². The van der Waals surface area contributed by atoms with Crippen LogP contribution in [-0.4, -0.2) is 29.3 Å². The zero-order valence-corrected chi connectivity index (χ0v) is 16.3. The van der Waals surface area contributed by atoms with E-state index in [9.17, 15) is 43.9 Å². The van der Waals surface area contributed by atoms with E-state index in [-0.39, 0.29) is 22.4 Å². The first kappa shape index (κ1) is 23.7. The maximum absolute atomic E-state index is 14.2. The molecule has 0 unspecified atom stereocenters. The van der Waals surface area contributed by atoms with Crippen molar-refractivity contribution in [1.29, 1.82) is 5.26 Å². The smallest absolute Gasteiger partial charge is 0.266 e. The van der Waals surface area contributed by atoms with Crippen LogP contribution in [0.4, 0.5) is 30.7 Å². The van der Waals surface area contributed by atoms with Gasteiger partial charge in [0, 0.05) is 12.1 Å².